The van der Waals surface area contributed by atoms with Crippen LogP contribution in [0.4, 0.5) is 0 Å². The molecule has 0 unspecified atom stereocenters. The first kappa shape index (κ1) is 26.5. The average molecular weight is 589 g/mol. The highest BCUT2D eigenvalue weighted by Gasteiger charge is 2.63. The summed E-state index contributed by atoms with van der Waals surface area (Å²) in [6.45, 7) is 8.53. The van der Waals surface area contributed by atoms with E-state index in [0.717, 1.165) is 38.6 Å². The molecule has 0 aliphatic carbocycles. The maximum Gasteiger partial charge on any atom is 0.193 e. The fourth-order valence-corrected chi connectivity index (χ4v) is 7.75. The van der Waals surface area contributed by atoms with E-state index < -0.39 is 17.7 Å². The lowest BCUT2D eigenvalue weighted by Crippen LogP contribution is -2.57. The van der Waals surface area contributed by atoms with Crippen molar-refractivity contribution < 1.29 is 28.5 Å². The Balaban J connectivity index is 1.28. The number of ketones is 1. The van der Waals surface area contributed by atoms with E-state index in [0.29, 0.717) is 23.3 Å². The van der Waals surface area contributed by atoms with Crippen LogP contribution in [0.3, 0.4) is 0 Å². The second-order valence-electron chi connectivity index (χ2n) is 13.3. The third kappa shape index (κ3) is 3.75. The lowest BCUT2D eigenvalue weighted by Gasteiger charge is -2.51. The molecule has 5 aromatic rings. The molecule has 0 amide bonds. The van der Waals surface area contributed by atoms with Crippen LogP contribution < -0.4 is 4.74 Å². The summed E-state index contributed by atoms with van der Waals surface area (Å²) < 4.78 is 32.5. The molecule has 0 spiro atoms. The van der Waals surface area contributed by atoms with Crippen LogP contribution in [0.2, 0.25) is 0 Å². The molecule has 0 radical (unpaired) electrons. The first-order valence-electron chi connectivity index (χ1n) is 15.3. The maximum absolute atomic E-state index is 13.4. The number of fused-ring (bicyclic) bond motifs is 13. The van der Waals surface area contributed by atoms with Crippen molar-refractivity contribution in [2.45, 2.75) is 69.6 Å². The summed E-state index contributed by atoms with van der Waals surface area (Å²) in [7, 11) is 0. The fourth-order valence-electron chi connectivity index (χ4n) is 7.75. The highest BCUT2D eigenvalue weighted by Crippen LogP contribution is 2.57. The van der Waals surface area contributed by atoms with Gasteiger partial charge in [-0.2, -0.15) is 0 Å². The minimum atomic E-state index is -0.741. The molecule has 0 saturated carbocycles. The van der Waals surface area contributed by atoms with E-state index in [1.807, 2.05) is 74.5 Å². The van der Waals surface area contributed by atoms with Gasteiger partial charge >= 0.3 is 0 Å². The zero-order chi connectivity index (χ0) is 30.0. The lowest BCUT2D eigenvalue weighted by molar-refractivity contribution is -0.240. The number of ether oxygens (including phenoxy) is 5. The van der Waals surface area contributed by atoms with Gasteiger partial charge in [-0.3, -0.25) is 4.79 Å². The van der Waals surface area contributed by atoms with E-state index in [2.05, 4.69) is 26.0 Å². The molecule has 3 saturated heterocycles. The van der Waals surface area contributed by atoms with E-state index >= 15 is 0 Å². The maximum atomic E-state index is 13.4. The smallest absolute Gasteiger partial charge is 0.193 e. The van der Waals surface area contributed by atoms with Crippen molar-refractivity contribution in [2.75, 3.05) is 6.61 Å². The Hall–Kier alpha value is -3.95. The average Bonchev–Trinajstić information content (AvgIpc) is 3.51. The summed E-state index contributed by atoms with van der Waals surface area (Å²) in [5.41, 5.74) is 4.55. The Morgan fingerprint density at radius 1 is 0.773 bits per heavy atom. The van der Waals surface area contributed by atoms with Gasteiger partial charge in [0, 0.05) is 39.3 Å². The van der Waals surface area contributed by atoms with Gasteiger partial charge in [0.05, 0.1) is 34.8 Å². The van der Waals surface area contributed by atoms with E-state index in [1.165, 1.54) is 0 Å². The van der Waals surface area contributed by atoms with Crippen LogP contribution in [0, 0.1) is 5.92 Å². The van der Waals surface area contributed by atoms with Gasteiger partial charge in [0.25, 0.3) is 0 Å². The van der Waals surface area contributed by atoms with Crippen molar-refractivity contribution >= 4 is 38.6 Å². The molecule has 4 aromatic carbocycles. The molecule has 4 aliphatic rings. The number of carbonyl (C=O) groups is 1. The van der Waals surface area contributed by atoms with Crippen molar-refractivity contribution in [1.29, 1.82) is 0 Å². The Labute approximate surface area is 254 Å². The lowest BCUT2D eigenvalue weighted by atomic mass is 9.68. The van der Waals surface area contributed by atoms with Gasteiger partial charge in [-0.05, 0) is 45.9 Å². The third-order valence-corrected chi connectivity index (χ3v) is 9.76. The number of aromatic nitrogens is 2. The van der Waals surface area contributed by atoms with Crippen molar-refractivity contribution in [3.8, 4) is 5.75 Å². The van der Waals surface area contributed by atoms with E-state index in [-0.39, 0.29) is 35.9 Å². The van der Waals surface area contributed by atoms with Crippen LogP contribution in [0.5, 0.6) is 5.75 Å². The molecule has 5 heterocycles. The van der Waals surface area contributed by atoms with Crippen LogP contribution in [0.15, 0.2) is 72.8 Å². The summed E-state index contributed by atoms with van der Waals surface area (Å²) >= 11 is 0. The van der Waals surface area contributed by atoms with E-state index in [9.17, 15) is 4.79 Å². The van der Waals surface area contributed by atoms with Crippen LogP contribution in [-0.2, 0) is 18.9 Å². The van der Waals surface area contributed by atoms with Crippen LogP contribution in [0.25, 0.3) is 32.8 Å². The van der Waals surface area contributed by atoms with Crippen LogP contribution in [0.1, 0.15) is 55.1 Å². The Morgan fingerprint density at radius 3 is 2.34 bits per heavy atom. The molecule has 3 fully saturated rings. The van der Waals surface area contributed by atoms with Gasteiger partial charge in [0.2, 0.25) is 0 Å². The van der Waals surface area contributed by atoms with Crippen molar-refractivity contribution in [3.63, 3.8) is 0 Å². The molecule has 8 heteroatoms. The Kier molecular flexibility index (Phi) is 5.44. The topological polar surface area (TPSA) is 89.0 Å². The number of hydrogen-bond donors (Lipinski definition) is 0. The normalized spacial score (nSPS) is 29.5. The van der Waals surface area contributed by atoms with Gasteiger partial charge in [-0.15, -0.1) is 0 Å². The predicted octanol–water partition coefficient (Wildman–Crippen LogP) is 6.31. The van der Waals surface area contributed by atoms with E-state index in [4.69, 9.17) is 33.7 Å². The molecule has 9 rings (SSSR count). The number of carbonyl (C=O) groups excluding carboxylic acids is 1. The summed E-state index contributed by atoms with van der Waals surface area (Å²) in [5.74, 6) is -0.123. The zero-order valence-corrected chi connectivity index (χ0v) is 24.9. The molecular weight excluding hydrogens is 556 g/mol. The van der Waals surface area contributed by atoms with Crippen LogP contribution in [-0.4, -0.2) is 58.3 Å². The SMILES string of the molecule is CC1(C)O[C@H]2O[C@H]3[C@H](OC[C@H]4[C@@H]3c3c(c5ccccc5c5nc6ccc(C(=O)c7ccccc7)cc6nc35)OC4(C)C)[C@H]2O1. The molecule has 1 aromatic heterocycles. The number of nitrogens with zero attached hydrogens (tertiary/aromatic N) is 2. The number of rotatable bonds is 2. The largest absolute Gasteiger partial charge is 0.486 e. The predicted molar refractivity (Wildman–Crippen MR) is 164 cm³/mol. The molecule has 222 valence electrons. The first-order valence-corrected chi connectivity index (χ1v) is 15.3. The monoisotopic (exact) mass is 588 g/mol. The highest BCUT2D eigenvalue weighted by atomic mass is 16.8. The van der Waals surface area contributed by atoms with Gasteiger partial charge < -0.3 is 23.7 Å². The molecule has 4 aliphatic heterocycles. The van der Waals surface area contributed by atoms with Gasteiger partial charge in [0.15, 0.2) is 17.9 Å². The Morgan fingerprint density at radius 2 is 1.52 bits per heavy atom. The first-order chi connectivity index (χ1) is 21.2. The second kappa shape index (κ2) is 9.05. The van der Waals surface area contributed by atoms with Crippen molar-refractivity contribution in [2.24, 2.45) is 5.92 Å². The van der Waals surface area contributed by atoms with Crippen molar-refractivity contribution in [1.82, 2.24) is 9.97 Å². The zero-order valence-electron chi connectivity index (χ0n) is 24.9. The minimum absolute atomic E-state index is 0.0176. The molecular formula is C36H32N2O6. The Bertz CT molecular complexity index is 2010. The molecule has 44 heavy (non-hydrogen) atoms. The summed E-state index contributed by atoms with van der Waals surface area (Å²) in [6.07, 6.45) is -1.46. The molecule has 8 nitrogen and oxygen atoms in total. The van der Waals surface area contributed by atoms with E-state index in [1.54, 1.807) is 0 Å². The second-order valence-corrected chi connectivity index (χ2v) is 13.3. The minimum Gasteiger partial charge on any atom is -0.486 e. The number of hydrogen-bond acceptors (Lipinski definition) is 8. The summed E-state index contributed by atoms with van der Waals surface area (Å²) in [4.78, 5) is 23.8. The van der Waals surface area contributed by atoms with Gasteiger partial charge in [-0.25, -0.2) is 9.97 Å². The highest BCUT2D eigenvalue weighted by molar-refractivity contribution is 6.13. The standard InChI is InChI=1S/C36H32N2O6/c1-35(2)22-17-40-32-31(41-34-33(32)43-36(3,4)44-34)25(22)26-28-27(20-12-8-9-13-21(20)30(26)42-35)37-23-15-14-19(16-24(23)38-28)29(39)18-10-6-5-7-11-18/h5-16,22,25,31-34H,17H2,1-4H3/t22-,25+,31+,32-,33+,34+/m0/s1. The summed E-state index contributed by atoms with van der Waals surface area (Å²) in [5, 5.41) is 1.96. The van der Waals surface area contributed by atoms with Crippen molar-refractivity contribution in [3.05, 3.63) is 89.5 Å². The fraction of sp³-hybridized carbons (Fsp3) is 0.361. The number of benzene rings is 4. The van der Waals surface area contributed by atoms with Gasteiger partial charge in [-0.1, -0.05) is 54.6 Å². The van der Waals surface area contributed by atoms with Crippen LogP contribution >= 0.6 is 0 Å². The third-order valence-electron chi connectivity index (χ3n) is 9.76. The quantitative estimate of drug-likeness (QED) is 0.135. The molecule has 6 atom stereocenters. The van der Waals surface area contributed by atoms with Gasteiger partial charge in [0.1, 0.15) is 23.6 Å². The molecule has 0 N–H and O–H groups in total. The summed E-state index contributed by atoms with van der Waals surface area (Å²) in [6, 6.07) is 23.1. The molecule has 0 bridgehead atoms.